The average molecular weight is 408 g/mol. The largest absolute Gasteiger partial charge is 0.485 e. The van der Waals surface area contributed by atoms with Gasteiger partial charge in [0, 0.05) is 43.6 Å². The van der Waals surface area contributed by atoms with Crippen LogP contribution in [0.5, 0.6) is 5.75 Å². The monoisotopic (exact) mass is 407 g/mol. The molecule has 5 rings (SSSR count). The minimum absolute atomic E-state index is 0.0260. The number of carbonyl (C=O) groups excluding carboxylic acids is 1. The maximum atomic E-state index is 13.3. The lowest BCUT2D eigenvalue weighted by Gasteiger charge is -2.45. The predicted molar refractivity (Wildman–Crippen MR) is 113 cm³/mol. The van der Waals surface area contributed by atoms with Crippen molar-refractivity contribution in [1.29, 1.82) is 0 Å². The van der Waals surface area contributed by atoms with Crippen molar-refractivity contribution < 1.29 is 14.3 Å². The first-order valence-corrected chi connectivity index (χ1v) is 11.0. The van der Waals surface area contributed by atoms with Gasteiger partial charge in [0.25, 0.3) is 5.91 Å². The van der Waals surface area contributed by atoms with Gasteiger partial charge in [0.2, 0.25) is 0 Å². The van der Waals surface area contributed by atoms with Gasteiger partial charge in [0.15, 0.2) is 0 Å². The van der Waals surface area contributed by atoms with E-state index in [1.807, 2.05) is 35.2 Å². The third-order valence-corrected chi connectivity index (χ3v) is 6.76. The molecule has 3 aliphatic rings. The number of para-hydroxylation sites is 1. The van der Waals surface area contributed by atoms with E-state index >= 15 is 0 Å². The van der Waals surface area contributed by atoms with Crippen molar-refractivity contribution in [1.82, 2.24) is 14.8 Å². The Hall–Kier alpha value is -2.44. The summed E-state index contributed by atoms with van der Waals surface area (Å²) in [5, 5.41) is 0. The average Bonchev–Trinajstić information content (AvgIpc) is 2.97. The number of hydrogen-bond donors (Lipinski definition) is 0. The fraction of sp³-hybridized carbons (Fsp3) is 0.500. The first-order chi connectivity index (χ1) is 14.7. The number of rotatable bonds is 2. The molecule has 1 saturated carbocycles. The normalized spacial score (nSPS) is 27.2. The van der Waals surface area contributed by atoms with Crippen LogP contribution in [-0.4, -0.2) is 65.2 Å². The number of nitrogens with zero attached hydrogens (tertiary/aromatic N) is 3. The second-order valence-corrected chi connectivity index (χ2v) is 8.68. The molecule has 1 spiro atoms. The van der Waals surface area contributed by atoms with E-state index < -0.39 is 0 Å². The van der Waals surface area contributed by atoms with Crippen molar-refractivity contribution >= 4 is 5.91 Å². The lowest BCUT2D eigenvalue weighted by molar-refractivity contribution is -0.0362. The molecule has 30 heavy (non-hydrogen) atoms. The van der Waals surface area contributed by atoms with E-state index in [0.717, 1.165) is 63.3 Å². The third kappa shape index (κ3) is 3.94. The van der Waals surface area contributed by atoms with E-state index in [2.05, 4.69) is 16.0 Å². The first kappa shape index (κ1) is 19.5. The van der Waals surface area contributed by atoms with E-state index in [1.165, 1.54) is 0 Å². The Labute approximate surface area is 177 Å². The highest BCUT2D eigenvalue weighted by Crippen LogP contribution is 2.39. The maximum Gasteiger partial charge on any atom is 0.255 e. The molecule has 0 unspecified atom stereocenters. The van der Waals surface area contributed by atoms with E-state index in [4.69, 9.17) is 9.47 Å². The molecule has 0 N–H and O–H groups in total. The Morgan fingerprint density at radius 2 is 1.87 bits per heavy atom. The summed E-state index contributed by atoms with van der Waals surface area (Å²) in [6.07, 6.45) is 7.46. The molecule has 6 nitrogen and oxygen atoms in total. The summed E-state index contributed by atoms with van der Waals surface area (Å²) in [4.78, 5) is 22.0. The molecule has 0 radical (unpaired) electrons. The van der Waals surface area contributed by atoms with Crippen LogP contribution < -0.4 is 4.74 Å². The summed E-state index contributed by atoms with van der Waals surface area (Å²) in [6, 6.07) is 12.4. The Morgan fingerprint density at radius 1 is 1.07 bits per heavy atom. The molecule has 1 amide bonds. The van der Waals surface area contributed by atoms with Gasteiger partial charge in [-0.25, -0.2) is 0 Å². The quantitative estimate of drug-likeness (QED) is 0.766. The lowest BCUT2D eigenvalue weighted by Crippen LogP contribution is -2.53. The van der Waals surface area contributed by atoms with E-state index in [-0.39, 0.29) is 11.5 Å². The zero-order valence-electron chi connectivity index (χ0n) is 17.3. The number of amides is 1. The van der Waals surface area contributed by atoms with Crippen LogP contribution in [0.3, 0.4) is 0 Å². The Morgan fingerprint density at radius 3 is 2.63 bits per heavy atom. The van der Waals surface area contributed by atoms with Gasteiger partial charge < -0.3 is 14.4 Å². The van der Waals surface area contributed by atoms with Crippen molar-refractivity contribution in [3.63, 3.8) is 0 Å². The zero-order valence-corrected chi connectivity index (χ0v) is 17.3. The van der Waals surface area contributed by atoms with Crippen LogP contribution in [0.15, 0.2) is 48.8 Å². The number of aromatic nitrogens is 1. The van der Waals surface area contributed by atoms with Gasteiger partial charge in [0.1, 0.15) is 11.4 Å². The zero-order chi connectivity index (χ0) is 20.4. The molecular weight excluding hydrogens is 378 g/mol. The number of ether oxygens (including phenoxy) is 2. The fourth-order valence-corrected chi connectivity index (χ4v) is 5.12. The first-order valence-electron chi connectivity index (χ1n) is 11.0. The lowest BCUT2D eigenvalue weighted by atomic mass is 9.80. The molecule has 1 aromatic heterocycles. The summed E-state index contributed by atoms with van der Waals surface area (Å²) >= 11 is 0. The van der Waals surface area contributed by atoms with Crippen molar-refractivity contribution in [2.45, 2.75) is 43.9 Å². The molecule has 6 heteroatoms. The predicted octanol–water partition coefficient (Wildman–Crippen LogP) is 3.13. The van der Waals surface area contributed by atoms with Crippen LogP contribution in [0.4, 0.5) is 0 Å². The van der Waals surface area contributed by atoms with Gasteiger partial charge in [-0.2, -0.15) is 0 Å². The second kappa shape index (κ2) is 8.36. The SMILES string of the molecule is O=C(c1cccnc1)N1Cc2ccccc2OC2(CCC(N3CCOCC3)CC2)C1. The van der Waals surface area contributed by atoms with Crippen molar-refractivity contribution in [2.24, 2.45) is 0 Å². The van der Waals surface area contributed by atoms with Crippen LogP contribution in [-0.2, 0) is 11.3 Å². The molecular formula is C24H29N3O3. The summed E-state index contributed by atoms with van der Waals surface area (Å²) in [5.41, 5.74) is 1.38. The highest BCUT2D eigenvalue weighted by molar-refractivity contribution is 5.94. The van der Waals surface area contributed by atoms with Gasteiger partial charge in [-0.05, 0) is 43.9 Å². The van der Waals surface area contributed by atoms with Gasteiger partial charge in [0.05, 0.1) is 25.3 Å². The van der Waals surface area contributed by atoms with Crippen LogP contribution in [0.25, 0.3) is 0 Å². The minimum Gasteiger partial charge on any atom is -0.485 e. The highest BCUT2D eigenvalue weighted by Gasteiger charge is 2.43. The number of morpholine rings is 1. The van der Waals surface area contributed by atoms with E-state index in [9.17, 15) is 4.79 Å². The van der Waals surface area contributed by atoms with E-state index in [1.54, 1.807) is 12.4 Å². The van der Waals surface area contributed by atoms with Crippen molar-refractivity contribution in [3.05, 3.63) is 59.9 Å². The Kier molecular flexibility index (Phi) is 5.44. The van der Waals surface area contributed by atoms with Crippen molar-refractivity contribution in [2.75, 3.05) is 32.8 Å². The molecule has 158 valence electrons. The second-order valence-electron chi connectivity index (χ2n) is 8.68. The smallest absolute Gasteiger partial charge is 0.255 e. The van der Waals surface area contributed by atoms with Gasteiger partial charge >= 0.3 is 0 Å². The topological polar surface area (TPSA) is 54.9 Å². The molecule has 3 heterocycles. The minimum atomic E-state index is -0.326. The molecule has 1 aromatic carbocycles. The fourth-order valence-electron chi connectivity index (χ4n) is 5.12. The molecule has 2 fully saturated rings. The molecule has 1 saturated heterocycles. The summed E-state index contributed by atoms with van der Waals surface area (Å²) < 4.78 is 12.2. The van der Waals surface area contributed by atoms with Crippen LogP contribution in [0.1, 0.15) is 41.6 Å². The number of pyridine rings is 1. The van der Waals surface area contributed by atoms with Gasteiger partial charge in [-0.3, -0.25) is 14.7 Å². The number of benzene rings is 1. The summed E-state index contributed by atoms with van der Waals surface area (Å²) in [7, 11) is 0. The number of carbonyl (C=O) groups is 1. The molecule has 2 aliphatic heterocycles. The standard InChI is InChI=1S/C24H29N3O3/c28-23(19-5-3-11-25-16-19)27-17-20-4-1-2-6-22(20)30-24(18-27)9-7-21(8-10-24)26-12-14-29-15-13-26/h1-6,11,16,21H,7-10,12-15,17-18H2. The van der Waals surface area contributed by atoms with Gasteiger partial charge in [-0.1, -0.05) is 18.2 Å². The Balaban J connectivity index is 1.38. The van der Waals surface area contributed by atoms with Gasteiger partial charge in [-0.15, -0.1) is 0 Å². The maximum absolute atomic E-state index is 13.3. The molecule has 0 bridgehead atoms. The van der Waals surface area contributed by atoms with Crippen molar-refractivity contribution in [3.8, 4) is 5.75 Å². The number of fused-ring (bicyclic) bond motifs is 1. The molecule has 2 aromatic rings. The van der Waals surface area contributed by atoms with E-state index in [0.29, 0.717) is 24.7 Å². The summed E-state index contributed by atoms with van der Waals surface area (Å²) in [6.45, 7) is 4.89. The van der Waals surface area contributed by atoms with Crippen LogP contribution in [0.2, 0.25) is 0 Å². The molecule has 1 aliphatic carbocycles. The third-order valence-electron chi connectivity index (χ3n) is 6.76. The highest BCUT2D eigenvalue weighted by atomic mass is 16.5. The van der Waals surface area contributed by atoms with Crippen LogP contribution >= 0.6 is 0 Å². The molecule has 0 atom stereocenters. The van der Waals surface area contributed by atoms with Crippen LogP contribution in [0, 0.1) is 0 Å². The number of hydrogen-bond acceptors (Lipinski definition) is 5. The Bertz CT molecular complexity index is 874. The summed E-state index contributed by atoms with van der Waals surface area (Å²) in [5.74, 6) is 0.946.